The third kappa shape index (κ3) is 2.90. The maximum Gasteiger partial charge on any atom is 0.189 e. The van der Waals surface area contributed by atoms with E-state index in [2.05, 4.69) is 31.1 Å². The number of guanidine groups is 1. The molecule has 1 aromatic carbocycles. The van der Waals surface area contributed by atoms with Gasteiger partial charge in [0.15, 0.2) is 5.96 Å². The fourth-order valence-corrected chi connectivity index (χ4v) is 1.84. The van der Waals surface area contributed by atoms with Crippen molar-refractivity contribution in [3.63, 3.8) is 0 Å². The molecule has 1 aromatic rings. The van der Waals surface area contributed by atoms with Crippen molar-refractivity contribution >= 4 is 5.96 Å². The Bertz CT molecular complexity index is 435. The summed E-state index contributed by atoms with van der Waals surface area (Å²) in [5, 5.41) is 3.15. The number of hydrogen-bond donors (Lipinski definition) is 2. The Morgan fingerprint density at radius 2 is 2.12 bits per heavy atom. The number of nitrogens with two attached hydrogens (primary N) is 1. The van der Waals surface area contributed by atoms with Crippen molar-refractivity contribution in [3.8, 4) is 5.75 Å². The third-order valence-corrected chi connectivity index (χ3v) is 2.47. The Morgan fingerprint density at radius 1 is 1.41 bits per heavy atom. The van der Waals surface area contributed by atoms with Crippen molar-refractivity contribution in [2.24, 2.45) is 10.7 Å². The van der Waals surface area contributed by atoms with Gasteiger partial charge >= 0.3 is 0 Å². The molecule has 0 spiro atoms. The lowest BCUT2D eigenvalue weighted by atomic mass is 10.1. The van der Waals surface area contributed by atoms with Gasteiger partial charge < -0.3 is 15.8 Å². The lowest BCUT2D eigenvalue weighted by Crippen LogP contribution is -2.45. The first-order valence-electron chi connectivity index (χ1n) is 5.79. The first-order valence-corrected chi connectivity index (χ1v) is 5.79. The minimum atomic E-state index is -0.0768. The number of ether oxygens (including phenoxy) is 1. The highest BCUT2D eigenvalue weighted by Gasteiger charge is 2.23. The number of nitrogens with zero attached hydrogens (tertiary/aromatic N) is 1. The molecule has 0 amide bonds. The monoisotopic (exact) mass is 233 g/mol. The summed E-state index contributed by atoms with van der Waals surface area (Å²) in [6, 6.07) is 7.94. The largest absolute Gasteiger partial charge is 0.491 e. The molecular weight excluding hydrogens is 214 g/mol. The van der Waals surface area contributed by atoms with E-state index in [0.29, 0.717) is 12.6 Å². The number of fused-ring (bicyclic) bond motifs is 1. The van der Waals surface area contributed by atoms with Crippen LogP contribution in [-0.4, -0.2) is 18.1 Å². The van der Waals surface area contributed by atoms with Gasteiger partial charge in [0, 0.05) is 11.1 Å². The minimum Gasteiger partial charge on any atom is -0.491 e. The van der Waals surface area contributed by atoms with Crippen LogP contribution in [-0.2, 0) is 0 Å². The zero-order valence-corrected chi connectivity index (χ0v) is 10.5. The molecule has 92 valence electrons. The normalized spacial score (nSPS) is 19.7. The SMILES string of the molecule is CC(C)(C)NC(N)=NC1COc2ccccc21. The summed E-state index contributed by atoms with van der Waals surface area (Å²) in [5.41, 5.74) is 6.91. The highest BCUT2D eigenvalue weighted by atomic mass is 16.5. The molecule has 0 bridgehead atoms. The van der Waals surface area contributed by atoms with E-state index in [1.54, 1.807) is 0 Å². The smallest absolute Gasteiger partial charge is 0.189 e. The second-order valence-electron chi connectivity index (χ2n) is 5.25. The minimum absolute atomic E-state index is 0.000972. The van der Waals surface area contributed by atoms with Gasteiger partial charge in [0.25, 0.3) is 0 Å². The van der Waals surface area contributed by atoms with Crippen molar-refractivity contribution in [2.75, 3.05) is 6.61 Å². The molecule has 17 heavy (non-hydrogen) atoms. The summed E-state index contributed by atoms with van der Waals surface area (Å²) in [6.45, 7) is 6.71. The van der Waals surface area contributed by atoms with E-state index in [0.717, 1.165) is 11.3 Å². The molecule has 0 saturated heterocycles. The molecule has 1 aliphatic heterocycles. The molecule has 1 unspecified atom stereocenters. The molecule has 0 saturated carbocycles. The number of nitrogens with one attached hydrogen (secondary N) is 1. The van der Waals surface area contributed by atoms with Crippen LogP contribution in [0.15, 0.2) is 29.3 Å². The van der Waals surface area contributed by atoms with Gasteiger partial charge in [0.2, 0.25) is 0 Å². The van der Waals surface area contributed by atoms with Crippen molar-refractivity contribution in [3.05, 3.63) is 29.8 Å². The van der Waals surface area contributed by atoms with E-state index >= 15 is 0 Å². The fraction of sp³-hybridized carbons (Fsp3) is 0.462. The van der Waals surface area contributed by atoms with E-state index in [1.807, 2.05) is 24.3 Å². The zero-order valence-electron chi connectivity index (χ0n) is 10.5. The second-order valence-corrected chi connectivity index (χ2v) is 5.25. The average Bonchev–Trinajstić information content (AvgIpc) is 2.59. The average molecular weight is 233 g/mol. The molecule has 4 heteroatoms. The predicted molar refractivity (Wildman–Crippen MR) is 69.2 cm³/mol. The Labute approximate surface area is 102 Å². The number of hydrogen-bond acceptors (Lipinski definition) is 2. The predicted octanol–water partition coefficient (Wildman–Crippen LogP) is 1.82. The molecule has 1 aliphatic rings. The summed E-state index contributed by atoms with van der Waals surface area (Å²) < 4.78 is 5.55. The third-order valence-electron chi connectivity index (χ3n) is 2.47. The first-order chi connectivity index (χ1) is 7.96. The maximum atomic E-state index is 5.88. The van der Waals surface area contributed by atoms with E-state index in [-0.39, 0.29) is 11.6 Å². The van der Waals surface area contributed by atoms with Gasteiger partial charge in [-0.15, -0.1) is 0 Å². The van der Waals surface area contributed by atoms with Crippen molar-refractivity contribution < 1.29 is 4.74 Å². The van der Waals surface area contributed by atoms with Gasteiger partial charge in [-0.25, -0.2) is 4.99 Å². The Kier molecular flexibility index (Phi) is 2.96. The molecule has 1 heterocycles. The van der Waals surface area contributed by atoms with Gasteiger partial charge in [0.05, 0.1) is 0 Å². The van der Waals surface area contributed by atoms with Gasteiger partial charge in [-0.3, -0.25) is 0 Å². The van der Waals surface area contributed by atoms with E-state index in [9.17, 15) is 0 Å². The molecule has 4 nitrogen and oxygen atoms in total. The molecule has 0 radical (unpaired) electrons. The number of benzene rings is 1. The van der Waals surface area contributed by atoms with E-state index in [1.165, 1.54) is 0 Å². The number of para-hydroxylation sites is 1. The summed E-state index contributed by atoms with van der Waals surface area (Å²) in [5.74, 6) is 1.37. The van der Waals surface area contributed by atoms with Gasteiger partial charge in [-0.05, 0) is 26.8 Å². The summed E-state index contributed by atoms with van der Waals surface area (Å²) in [4.78, 5) is 4.46. The van der Waals surface area contributed by atoms with Crippen LogP contribution in [0, 0.1) is 0 Å². The number of rotatable bonds is 1. The van der Waals surface area contributed by atoms with Crippen LogP contribution in [0.25, 0.3) is 0 Å². The molecule has 0 fully saturated rings. The van der Waals surface area contributed by atoms with Crippen LogP contribution in [0.4, 0.5) is 0 Å². The highest BCUT2D eigenvalue weighted by molar-refractivity contribution is 5.79. The van der Waals surface area contributed by atoms with Crippen LogP contribution in [0.2, 0.25) is 0 Å². The van der Waals surface area contributed by atoms with Crippen molar-refractivity contribution in [1.82, 2.24) is 5.32 Å². The van der Waals surface area contributed by atoms with E-state index < -0.39 is 0 Å². The lowest BCUT2D eigenvalue weighted by Gasteiger charge is -2.21. The van der Waals surface area contributed by atoms with E-state index in [4.69, 9.17) is 10.5 Å². The van der Waals surface area contributed by atoms with Crippen molar-refractivity contribution in [1.29, 1.82) is 0 Å². The number of aliphatic imine (C=N–C) groups is 1. The molecule has 0 aromatic heterocycles. The maximum absolute atomic E-state index is 5.88. The Morgan fingerprint density at radius 3 is 2.82 bits per heavy atom. The van der Waals surface area contributed by atoms with Crippen molar-refractivity contribution in [2.45, 2.75) is 32.4 Å². The fourth-order valence-electron chi connectivity index (χ4n) is 1.84. The van der Waals surface area contributed by atoms with Crippen LogP contribution in [0.3, 0.4) is 0 Å². The molecular formula is C13H19N3O. The quantitative estimate of drug-likeness (QED) is 0.574. The second kappa shape index (κ2) is 4.28. The lowest BCUT2D eigenvalue weighted by molar-refractivity contribution is 0.333. The summed E-state index contributed by atoms with van der Waals surface area (Å²) in [7, 11) is 0. The van der Waals surface area contributed by atoms with Crippen LogP contribution in [0.1, 0.15) is 32.4 Å². The van der Waals surface area contributed by atoms with Gasteiger partial charge in [-0.2, -0.15) is 0 Å². The standard InChI is InChI=1S/C13H19N3O/c1-13(2,3)16-12(14)15-10-8-17-11-7-5-4-6-9(10)11/h4-7,10H,8H2,1-3H3,(H3,14,15,16). The topological polar surface area (TPSA) is 59.6 Å². The first kappa shape index (κ1) is 11.8. The van der Waals surface area contributed by atoms with Crippen LogP contribution in [0.5, 0.6) is 5.75 Å². The molecule has 1 atom stereocenters. The zero-order chi connectivity index (χ0) is 12.5. The molecule has 3 N–H and O–H groups in total. The van der Waals surface area contributed by atoms with Gasteiger partial charge in [0.1, 0.15) is 18.4 Å². The van der Waals surface area contributed by atoms with Crippen LogP contribution < -0.4 is 15.8 Å². The van der Waals surface area contributed by atoms with Crippen LogP contribution >= 0.6 is 0 Å². The highest BCUT2D eigenvalue weighted by Crippen LogP contribution is 2.33. The van der Waals surface area contributed by atoms with Gasteiger partial charge in [-0.1, -0.05) is 18.2 Å². The summed E-state index contributed by atoms with van der Waals surface area (Å²) in [6.07, 6.45) is 0. The molecule has 2 rings (SSSR count). The summed E-state index contributed by atoms with van der Waals surface area (Å²) >= 11 is 0. The Hall–Kier alpha value is -1.71. The Balaban J connectivity index is 2.13. The molecule has 0 aliphatic carbocycles.